The molecule has 1 unspecified atom stereocenters. The first-order chi connectivity index (χ1) is 9.20. The van der Waals surface area contributed by atoms with Crippen molar-refractivity contribution in [1.29, 1.82) is 0 Å². The van der Waals surface area contributed by atoms with Crippen LogP contribution in [0.5, 0.6) is 0 Å². The molecule has 1 heterocycles. The van der Waals surface area contributed by atoms with Gasteiger partial charge in [0.1, 0.15) is 18.3 Å². The van der Waals surface area contributed by atoms with Crippen LogP contribution in [0, 0.1) is 5.92 Å². The summed E-state index contributed by atoms with van der Waals surface area (Å²) in [5.41, 5.74) is 7.21. The van der Waals surface area contributed by atoms with Gasteiger partial charge in [0.05, 0.1) is 12.3 Å². The summed E-state index contributed by atoms with van der Waals surface area (Å²) in [7, 11) is -0.0469. The fourth-order valence-corrected chi connectivity index (χ4v) is 2.23. The van der Waals surface area contributed by atoms with Crippen LogP contribution in [0.1, 0.15) is 11.3 Å². The smallest absolute Gasteiger partial charge is 0.221 e. The van der Waals surface area contributed by atoms with Crippen LogP contribution in [0.2, 0.25) is 5.15 Å². The predicted octanol–water partition coefficient (Wildman–Crippen LogP) is 2.14. The van der Waals surface area contributed by atoms with Crippen molar-refractivity contribution in [3.05, 3.63) is 22.5 Å². The second-order valence-electron chi connectivity index (χ2n) is 4.01. The number of halogens is 1. The maximum atomic E-state index is 10.1. The molecule has 1 aromatic heterocycles. The van der Waals surface area contributed by atoms with Crippen molar-refractivity contribution in [3.63, 3.8) is 0 Å². The fourth-order valence-electron chi connectivity index (χ4n) is 1.82. The molecule has 0 saturated carbocycles. The quantitative estimate of drug-likeness (QED) is 0.375. The minimum atomic E-state index is -0.0469. The molecular formula is C11H13ClN3O3P. The molecule has 2 rings (SSSR count). The lowest BCUT2D eigenvalue weighted by Crippen LogP contribution is -2.17. The zero-order valence-electron chi connectivity index (χ0n) is 10.1. The Hall–Kier alpha value is -1.07. The van der Waals surface area contributed by atoms with Gasteiger partial charge in [-0.1, -0.05) is 23.8 Å². The molecule has 102 valence electrons. The monoisotopic (exact) mass is 301 g/mol. The number of rotatable bonds is 6. The average Bonchev–Trinajstić information content (AvgIpc) is 2.38. The van der Waals surface area contributed by atoms with Crippen LogP contribution >= 0.6 is 20.1 Å². The van der Waals surface area contributed by atoms with Gasteiger partial charge in [-0.3, -0.25) is 4.57 Å². The Kier molecular flexibility index (Phi) is 5.22. The maximum Gasteiger partial charge on any atom is 0.221 e. The molecule has 6 nitrogen and oxygen atoms in total. The second-order valence-corrected chi connectivity index (χ2v) is 4.88. The van der Waals surface area contributed by atoms with E-state index in [1.807, 2.05) is 12.2 Å². The molecule has 0 saturated heterocycles. The van der Waals surface area contributed by atoms with E-state index in [2.05, 4.69) is 9.97 Å². The summed E-state index contributed by atoms with van der Waals surface area (Å²) in [6.07, 6.45) is 4.71. The summed E-state index contributed by atoms with van der Waals surface area (Å²) in [6.45, 7) is 0.617. The Morgan fingerprint density at radius 2 is 2.32 bits per heavy atom. The predicted molar refractivity (Wildman–Crippen MR) is 72.1 cm³/mol. The summed E-state index contributed by atoms with van der Waals surface area (Å²) in [5, 5.41) is 0.371. The van der Waals surface area contributed by atoms with Crippen LogP contribution in [0.25, 0.3) is 6.08 Å². The molecule has 1 aliphatic carbocycles. The number of anilines is 1. The number of ether oxygens (including phenoxy) is 2. The van der Waals surface area contributed by atoms with E-state index in [1.165, 1.54) is 0 Å². The van der Waals surface area contributed by atoms with Gasteiger partial charge in [0, 0.05) is 11.5 Å². The third-order valence-electron chi connectivity index (χ3n) is 2.63. The lowest BCUT2D eigenvalue weighted by Gasteiger charge is -2.19. The van der Waals surface area contributed by atoms with Crippen molar-refractivity contribution >= 4 is 32.1 Å². The van der Waals surface area contributed by atoms with Gasteiger partial charge in [0.15, 0.2) is 8.46 Å². The molecule has 1 atom stereocenters. The van der Waals surface area contributed by atoms with Crippen LogP contribution in [0.15, 0.2) is 6.08 Å². The summed E-state index contributed by atoms with van der Waals surface area (Å²) in [4.78, 5) is 8.09. The van der Waals surface area contributed by atoms with E-state index >= 15 is 0 Å². The lowest BCUT2D eigenvalue weighted by molar-refractivity contribution is -0.0451. The Morgan fingerprint density at radius 3 is 3.11 bits per heavy atom. The van der Waals surface area contributed by atoms with Gasteiger partial charge in [0.25, 0.3) is 0 Å². The molecule has 1 aliphatic rings. The van der Waals surface area contributed by atoms with E-state index in [-0.39, 0.29) is 33.5 Å². The molecule has 0 fully saturated rings. The number of fused-ring (bicyclic) bond motifs is 1. The van der Waals surface area contributed by atoms with Crippen LogP contribution in [-0.2, 0) is 20.5 Å². The highest BCUT2D eigenvalue weighted by Crippen LogP contribution is 2.27. The van der Waals surface area contributed by atoms with Gasteiger partial charge < -0.3 is 15.2 Å². The number of aromatic nitrogens is 2. The van der Waals surface area contributed by atoms with E-state index in [4.69, 9.17) is 26.8 Å². The van der Waals surface area contributed by atoms with Gasteiger partial charge >= 0.3 is 0 Å². The van der Waals surface area contributed by atoms with Gasteiger partial charge in [-0.05, 0) is 6.42 Å². The van der Waals surface area contributed by atoms with Gasteiger partial charge in [0.2, 0.25) is 5.95 Å². The lowest BCUT2D eigenvalue weighted by atomic mass is 9.95. The third-order valence-corrected chi connectivity index (χ3v) is 3.20. The summed E-state index contributed by atoms with van der Waals surface area (Å²) >= 11 is 5.99. The first-order valence-electron chi connectivity index (χ1n) is 5.65. The van der Waals surface area contributed by atoms with Gasteiger partial charge in [-0.15, -0.1) is 0 Å². The van der Waals surface area contributed by atoms with Crippen molar-refractivity contribution < 1.29 is 14.0 Å². The number of hydrogen-bond donors (Lipinski definition) is 1. The molecule has 0 aromatic carbocycles. The Bertz CT molecular complexity index is 498. The molecule has 19 heavy (non-hydrogen) atoms. The SMILES string of the molecule is Nc1nc(Cl)c2c(n1)CC(COCOCP=O)C=C2. The van der Waals surface area contributed by atoms with Crippen LogP contribution in [0.3, 0.4) is 0 Å². The average molecular weight is 302 g/mol. The third kappa shape index (κ3) is 3.94. The van der Waals surface area contributed by atoms with Crippen molar-refractivity contribution in [2.45, 2.75) is 6.42 Å². The first kappa shape index (κ1) is 14.3. The second kappa shape index (κ2) is 6.91. The Morgan fingerprint density at radius 1 is 1.47 bits per heavy atom. The molecule has 0 aliphatic heterocycles. The summed E-state index contributed by atoms with van der Waals surface area (Å²) in [6, 6.07) is 0. The highest BCUT2D eigenvalue weighted by atomic mass is 35.5. The van der Waals surface area contributed by atoms with Crippen molar-refractivity contribution in [3.8, 4) is 0 Å². The van der Waals surface area contributed by atoms with Crippen LogP contribution < -0.4 is 5.73 Å². The molecule has 8 heteroatoms. The molecule has 2 N–H and O–H groups in total. The first-order valence-corrected chi connectivity index (χ1v) is 7.03. The molecule has 0 spiro atoms. The molecule has 0 radical (unpaired) electrons. The standard InChI is InChI=1S/C11H13ClN3O3P/c12-10-8-2-1-7(4-17-5-18-6-19-16)3-9(8)14-11(13)15-10/h1-2,7H,3-6H2,(H2,13,14,15). The van der Waals surface area contributed by atoms with E-state index < -0.39 is 0 Å². The molecular weight excluding hydrogens is 289 g/mol. The minimum Gasteiger partial charge on any atom is -0.368 e. The topological polar surface area (TPSA) is 87.3 Å². The highest BCUT2D eigenvalue weighted by molar-refractivity contribution is 7.23. The Labute approximate surface area is 117 Å². The molecule has 0 amide bonds. The molecule has 0 bridgehead atoms. The zero-order chi connectivity index (χ0) is 13.7. The fraction of sp³-hybridized carbons (Fsp3) is 0.455. The number of hydrogen-bond acceptors (Lipinski definition) is 6. The van der Waals surface area contributed by atoms with Crippen molar-refractivity contribution in [2.24, 2.45) is 5.92 Å². The largest absolute Gasteiger partial charge is 0.368 e. The van der Waals surface area contributed by atoms with E-state index in [0.29, 0.717) is 18.2 Å². The van der Waals surface area contributed by atoms with Gasteiger partial charge in [-0.25, -0.2) is 9.97 Å². The van der Waals surface area contributed by atoms with E-state index in [1.54, 1.807) is 0 Å². The van der Waals surface area contributed by atoms with E-state index in [0.717, 1.165) is 11.3 Å². The van der Waals surface area contributed by atoms with E-state index in [9.17, 15) is 4.57 Å². The zero-order valence-corrected chi connectivity index (χ0v) is 11.7. The summed E-state index contributed by atoms with van der Waals surface area (Å²) < 4.78 is 20.4. The number of nitrogens with two attached hydrogens (primary N) is 1. The Balaban J connectivity index is 1.90. The van der Waals surface area contributed by atoms with Gasteiger partial charge in [-0.2, -0.15) is 0 Å². The highest BCUT2D eigenvalue weighted by Gasteiger charge is 2.18. The van der Waals surface area contributed by atoms with Crippen LogP contribution in [0.4, 0.5) is 5.95 Å². The van der Waals surface area contributed by atoms with Crippen molar-refractivity contribution in [1.82, 2.24) is 9.97 Å². The minimum absolute atomic E-state index is 0.0469. The maximum absolute atomic E-state index is 10.1. The van der Waals surface area contributed by atoms with Crippen molar-refractivity contribution in [2.75, 3.05) is 25.5 Å². The molecule has 1 aromatic rings. The summed E-state index contributed by atoms with van der Waals surface area (Å²) in [5.74, 6) is 0.364. The normalized spacial score (nSPS) is 17.6. The number of nitrogens with zero attached hydrogens (tertiary/aromatic N) is 2. The number of nitrogen functional groups attached to an aromatic ring is 1. The van der Waals surface area contributed by atoms with Crippen LogP contribution in [-0.4, -0.2) is 29.7 Å².